The van der Waals surface area contributed by atoms with E-state index in [0.717, 1.165) is 13.1 Å². The molecule has 0 saturated heterocycles. The van der Waals surface area contributed by atoms with Gasteiger partial charge in [-0.3, -0.25) is 9.59 Å². The van der Waals surface area contributed by atoms with Crippen LogP contribution in [0.2, 0.25) is 0 Å². The fourth-order valence-electron chi connectivity index (χ4n) is 2.29. The molecule has 0 bridgehead atoms. The highest BCUT2D eigenvalue weighted by molar-refractivity contribution is 6.21. The Morgan fingerprint density at radius 3 is 2.48 bits per heavy atom. The molecule has 1 aromatic carbocycles. The van der Waals surface area contributed by atoms with Gasteiger partial charge in [0.2, 0.25) is 0 Å². The van der Waals surface area contributed by atoms with Crippen LogP contribution in [0.15, 0.2) is 24.3 Å². The van der Waals surface area contributed by atoms with Gasteiger partial charge in [-0.15, -0.1) is 11.6 Å². The van der Waals surface area contributed by atoms with E-state index in [9.17, 15) is 9.59 Å². The molecule has 23 heavy (non-hydrogen) atoms. The Labute approximate surface area is 140 Å². The number of carboxylic acids is 2. The quantitative estimate of drug-likeness (QED) is 0.622. The van der Waals surface area contributed by atoms with E-state index in [0.29, 0.717) is 5.92 Å². The molecule has 2 unspecified atom stereocenters. The second-order valence-corrected chi connectivity index (χ2v) is 6.06. The molecular weight excluding hydrogens is 320 g/mol. The fourth-order valence-corrected chi connectivity index (χ4v) is 2.60. The van der Waals surface area contributed by atoms with Crippen molar-refractivity contribution in [1.29, 1.82) is 0 Å². The maximum Gasteiger partial charge on any atom is 0.320 e. The third kappa shape index (κ3) is 6.56. The third-order valence-electron chi connectivity index (χ3n) is 3.62. The van der Waals surface area contributed by atoms with Crippen LogP contribution in [0, 0.1) is 0 Å². The van der Waals surface area contributed by atoms with Crippen molar-refractivity contribution in [2.75, 3.05) is 13.1 Å². The fraction of sp³-hybridized carbons (Fsp3) is 0.500. The second-order valence-electron chi connectivity index (χ2n) is 5.53. The van der Waals surface area contributed by atoms with Crippen LogP contribution in [0.25, 0.3) is 0 Å². The first-order chi connectivity index (χ1) is 10.8. The summed E-state index contributed by atoms with van der Waals surface area (Å²) in [4.78, 5) is 19.9. The molecule has 6 nitrogen and oxygen atoms in total. The minimum Gasteiger partial charge on any atom is -0.481 e. The SMILES string of the molecule is CC1CNCC(Cl)c2ccccc21.N[C@@H](CCC(=O)O)C(=O)O. The number of aliphatic carboxylic acids is 2. The second kappa shape index (κ2) is 9.50. The van der Waals surface area contributed by atoms with E-state index in [-0.39, 0.29) is 18.2 Å². The van der Waals surface area contributed by atoms with Crippen LogP contribution < -0.4 is 11.1 Å². The van der Waals surface area contributed by atoms with E-state index < -0.39 is 18.0 Å². The standard InChI is InChI=1S/C11H14ClN.C5H9NO4/c1-8-6-13-7-11(12)10-5-3-2-4-9(8)10;6-3(5(9)10)1-2-4(7)8/h2-5,8,11,13H,6-7H2,1H3;3H,1-2,6H2,(H,7,8)(H,9,10)/t;3-/m.0/s1. The molecule has 0 aliphatic carbocycles. The summed E-state index contributed by atoms with van der Waals surface area (Å²) in [5.74, 6) is -1.63. The van der Waals surface area contributed by atoms with E-state index in [4.69, 9.17) is 27.5 Å². The van der Waals surface area contributed by atoms with Gasteiger partial charge in [-0.2, -0.15) is 0 Å². The van der Waals surface area contributed by atoms with Crippen molar-refractivity contribution in [3.8, 4) is 0 Å². The van der Waals surface area contributed by atoms with E-state index >= 15 is 0 Å². The number of nitrogens with one attached hydrogen (secondary N) is 1. The van der Waals surface area contributed by atoms with Crippen molar-refractivity contribution in [2.45, 2.75) is 37.1 Å². The first-order valence-corrected chi connectivity index (χ1v) is 7.90. The Morgan fingerprint density at radius 2 is 1.91 bits per heavy atom. The molecule has 0 spiro atoms. The van der Waals surface area contributed by atoms with Gasteiger partial charge < -0.3 is 21.3 Å². The lowest BCUT2D eigenvalue weighted by atomic mass is 9.95. The van der Waals surface area contributed by atoms with Crippen LogP contribution in [-0.2, 0) is 9.59 Å². The summed E-state index contributed by atoms with van der Waals surface area (Å²) < 4.78 is 0. The summed E-state index contributed by atoms with van der Waals surface area (Å²) in [6.45, 7) is 4.14. The maximum absolute atomic E-state index is 9.99. The summed E-state index contributed by atoms with van der Waals surface area (Å²) in [5, 5.41) is 19.8. The number of hydrogen-bond acceptors (Lipinski definition) is 4. The molecule has 7 heteroatoms. The molecule has 0 amide bonds. The summed E-state index contributed by atoms with van der Waals surface area (Å²) in [5.41, 5.74) is 7.69. The van der Waals surface area contributed by atoms with Crippen LogP contribution in [-0.4, -0.2) is 41.3 Å². The van der Waals surface area contributed by atoms with Gasteiger partial charge in [0.1, 0.15) is 6.04 Å². The molecular formula is C16H23ClN2O4. The first kappa shape index (κ1) is 19.4. The molecule has 5 N–H and O–H groups in total. The monoisotopic (exact) mass is 342 g/mol. The highest BCUT2D eigenvalue weighted by Crippen LogP contribution is 2.30. The molecule has 0 saturated carbocycles. The summed E-state index contributed by atoms with van der Waals surface area (Å²) in [7, 11) is 0. The average Bonchev–Trinajstić information content (AvgIpc) is 2.65. The number of rotatable bonds is 4. The molecule has 2 rings (SSSR count). The number of halogens is 1. The normalized spacial score (nSPS) is 21.2. The number of alkyl halides is 1. The number of nitrogens with two attached hydrogens (primary N) is 1. The average molecular weight is 343 g/mol. The zero-order chi connectivity index (χ0) is 17.4. The lowest BCUT2D eigenvalue weighted by molar-refractivity contribution is -0.139. The van der Waals surface area contributed by atoms with Gasteiger partial charge in [0.15, 0.2) is 0 Å². The molecule has 128 valence electrons. The van der Waals surface area contributed by atoms with Crippen molar-refractivity contribution in [3.05, 3.63) is 35.4 Å². The number of fused-ring (bicyclic) bond motifs is 1. The van der Waals surface area contributed by atoms with E-state index in [1.807, 2.05) is 0 Å². The predicted octanol–water partition coefficient (Wildman–Crippen LogP) is 1.94. The molecule has 1 aromatic rings. The Morgan fingerprint density at radius 1 is 1.30 bits per heavy atom. The van der Waals surface area contributed by atoms with Crippen LogP contribution in [0.4, 0.5) is 0 Å². The van der Waals surface area contributed by atoms with Gasteiger partial charge in [-0.1, -0.05) is 31.2 Å². The van der Waals surface area contributed by atoms with Crippen molar-refractivity contribution < 1.29 is 19.8 Å². The minimum atomic E-state index is -1.17. The van der Waals surface area contributed by atoms with Gasteiger partial charge in [0.25, 0.3) is 0 Å². The zero-order valence-electron chi connectivity index (χ0n) is 13.0. The highest BCUT2D eigenvalue weighted by Gasteiger charge is 2.19. The third-order valence-corrected chi connectivity index (χ3v) is 4.01. The van der Waals surface area contributed by atoms with Crippen LogP contribution >= 0.6 is 11.6 Å². The number of benzene rings is 1. The molecule has 0 aromatic heterocycles. The van der Waals surface area contributed by atoms with E-state index in [1.54, 1.807) is 0 Å². The number of carboxylic acid groups (broad SMARTS) is 2. The summed E-state index contributed by atoms with van der Waals surface area (Å²) in [6, 6.07) is 7.41. The van der Waals surface area contributed by atoms with Gasteiger partial charge in [-0.25, -0.2) is 0 Å². The summed E-state index contributed by atoms with van der Waals surface area (Å²) >= 11 is 6.25. The molecule has 3 atom stereocenters. The summed E-state index contributed by atoms with van der Waals surface area (Å²) in [6.07, 6.45) is -0.224. The molecule has 1 aliphatic rings. The lowest BCUT2D eigenvalue weighted by Crippen LogP contribution is -2.30. The lowest BCUT2D eigenvalue weighted by Gasteiger charge is -2.12. The van der Waals surface area contributed by atoms with Gasteiger partial charge in [-0.05, 0) is 23.5 Å². The molecule has 1 aliphatic heterocycles. The van der Waals surface area contributed by atoms with E-state index in [1.165, 1.54) is 11.1 Å². The molecule has 0 fully saturated rings. The Kier molecular flexibility index (Phi) is 8.02. The maximum atomic E-state index is 9.99. The Balaban J connectivity index is 0.000000241. The molecule has 1 heterocycles. The van der Waals surface area contributed by atoms with Crippen LogP contribution in [0.5, 0.6) is 0 Å². The zero-order valence-corrected chi connectivity index (χ0v) is 13.8. The van der Waals surface area contributed by atoms with Crippen molar-refractivity contribution in [2.24, 2.45) is 5.73 Å². The van der Waals surface area contributed by atoms with Gasteiger partial charge in [0.05, 0.1) is 5.38 Å². The van der Waals surface area contributed by atoms with Gasteiger partial charge >= 0.3 is 11.9 Å². The van der Waals surface area contributed by atoms with Crippen molar-refractivity contribution in [1.82, 2.24) is 5.32 Å². The highest BCUT2D eigenvalue weighted by atomic mass is 35.5. The smallest absolute Gasteiger partial charge is 0.320 e. The number of hydrogen-bond donors (Lipinski definition) is 4. The number of carbonyl (C=O) groups is 2. The molecule has 0 radical (unpaired) electrons. The first-order valence-electron chi connectivity index (χ1n) is 7.46. The van der Waals surface area contributed by atoms with Crippen LogP contribution in [0.3, 0.4) is 0 Å². The van der Waals surface area contributed by atoms with Crippen molar-refractivity contribution >= 4 is 23.5 Å². The van der Waals surface area contributed by atoms with E-state index in [2.05, 4.69) is 36.5 Å². The van der Waals surface area contributed by atoms with Gasteiger partial charge in [0, 0.05) is 19.5 Å². The minimum absolute atomic E-state index is 0.0231. The van der Waals surface area contributed by atoms with Crippen LogP contribution in [0.1, 0.15) is 42.2 Å². The topological polar surface area (TPSA) is 113 Å². The Bertz CT molecular complexity index is 510. The predicted molar refractivity (Wildman–Crippen MR) is 88.8 cm³/mol. The largest absolute Gasteiger partial charge is 0.481 e. The van der Waals surface area contributed by atoms with Crippen molar-refractivity contribution in [3.63, 3.8) is 0 Å². The Hall–Kier alpha value is -1.63.